The van der Waals surface area contributed by atoms with E-state index in [1.807, 2.05) is 23.5 Å². The first-order valence-corrected chi connectivity index (χ1v) is 14.1. The number of thiophene rings is 2. The fourth-order valence-electron chi connectivity index (χ4n) is 5.03. The molecule has 2 amide bonds. The number of nitrogens with zero attached hydrogens (tertiary/aromatic N) is 2. The lowest BCUT2D eigenvalue weighted by Gasteiger charge is -2.25. The molecule has 0 radical (unpaired) electrons. The molecule has 0 fully saturated rings. The Morgan fingerprint density at radius 2 is 1.86 bits per heavy atom. The van der Waals surface area contributed by atoms with Crippen LogP contribution in [0.15, 0.2) is 24.5 Å². The number of ether oxygens (including phenoxy) is 1. The number of hydrogen-bond donors (Lipinski definition) is 2. The van der Waals surface area contributed by atoms with Gasteiger partial charge in [-0.15, -0.1) is 22.7 Å². The third kappa shape index (κ3) is 4.90. The van der Waals surface area contributed by atoms with Crippen molar-refractivity contribution in [3.63, 3.8) is 0 Å². The molecule has 35 heavy (non-hydrogen) atoms. The van der Waals surface area contributed by atoms with Crippen LogP contribution in [0.3, 0.4) is 0 Å². The quantitative estimate of drug-likeness (QED) is 0.387. The smallest absolute Gasteiger partial charge is 0.341 e. The zero-order valence-electron chi connectivity index (χ0n) is 20.3. The van der Waals surface area contributed by atoms with E-state index >= 15 is 0 Å². The largest absolute Gasteiger partial charge is 0.462 e. The first-order valence-electron chi connectivity index (χ1n) is 12.4. The number of amides is 2. The molecule has 0 aromatic carbocycles. The standard InChI is InChI=1S/C26H32N4O3S2.2H2/c1-3-29-14-11-17-19(24(35-21(17)16-29)30-12-7-8-13-30)15-27-26(32)28-23-22(25(31)33-4-2)18-9-5-6-10-20(18)34-23;;/h7-8,12-13H,3-6,9-11,14-16H2,1-2H3,(H2,27,28,32);2*1H. The minimum atomic E-state index is -0.343. The van der Waals surface area contributed by atoms with Crippen molar-refractivity contribution in [2.45, 2.75) is 59.0 Å². The molecule has 5 rings (SSSR count). The van der Waals surface area contributed by atoms with Crippen molar-refractivity contribution in [1.29, 1.82) is 0 Å². The lowest BCUT2D eigenvalue weighted by molar-refractivity contribution is 0.0526. The van der Waals surface area contributed by atoms with Crippen LogP contribution >= 0.6 is 22.7 Å². The molecule has 3 aromatic heterocycles. The molecule has 1 aliphatic carbocycles. The summed E-state index contributed by atoms with van der Waals surface area (Å²) in [7, 11) is 0. The highest BCUT2D eigenvalue weighted by atomic mass is 32.1. The number of hydrogen-bond acceptors (Lipinski definition) is 6. The highest BCUT2D eigenvalue weighted by molar-refractivity contribution is 7.17. The van der Waals surface area contributed by atoms with Crippen molar-refractivity contribution >= 4 is 39.7 Å². The molecule has 0 bridgehead atoms. The number of anilines is 1. The van der Waals surface area contributed by atoms with Crippen LogP contribution in [-0.4, -0.2) is 41.2 Å². The lowest BCUT2D eigenvalue weighted by Crippen LogP contribution is -2.31. The van der Waals surface area contributed by atoms with Gasteiger partial charge in [-0.05, 0) is 68.8 Å². The Morgan fingerprint density at radius 3 is 2.63 bits per heavy atom. The number of rotatable bonds is 7. The summed E-state index contributed by atoms with van der Waals surface area (Å²) in [5, 5.41) is 7.82. The van der Waals surface area contributed by atoms with Crippen molar-refractivity contribution in [1.82, 2.24) is 14.8 Å². The summed E-state index contributed by atoms with van der Waals surface area (Å²) in [4.78, 5) is 30.8. The second kappa shape index (κ2) is 10.6. The van der Waals surface area contributed by atoms with Crippen LogP contribution in [0.1, 0.15) is 66.3 Å². The molecule has 7 nitrogen and oxygen atoms in total. The molecular formula is C26H36N4O3S2. The number of nitrogens with one attached hydrogen (secondary N) is 2. The third-order valence-electron chi connectivity index (χ3n) is 6.81. The molecule has 0 saturated carbocycles. The van der Waals surface area contributed by atoms with Crippen molar-refractivity contribution in [2.24, 2.45) is 0 Å². The molecule has 2 aliphatic rings. The molecule has 1 aliphatic heterocycles. The number of fused-ring (bicyclic) bond motifs is 2. The van der Waals surface area contributed by atoms with Gasteiger partial charge in [-0.3, -0.25) is 10.2 Å². The van der Waals surface area contributed by atoms with Gasteiger partial charge in [0.2, 0.25) is 0 Å². The van der Waals surface area contributed by atoms with E-state index in [0.717, 1.165) is 62.3 Å². The van der Waals surface area contributed by atoms with Gasteiger partial charge in [-0.2, -0.15) is 0 Å². The van der Waals surface area contributed by atoms with Crippen LogP contribution in [0.4, 0.5) is 9.80 Å². The Morgan fingerprint density at radius 1 is 1.06 bits per heavy atom. The minimum absolute atomic E-state index is 0. The fourth-order valence-corrected chi connectivity index (χ4v) is 7.67. The van der Waals surface area contributed by atoms with Gasteiger partial charge in [0.25, 0.3) is 0 Å². The van der Waals surface area contributed by atoms with Crippen LogP contribution < -0.4 is 10.6 Å². The number of aryl methyl sites for hydroxylation is 1. The molecule has 0 unspecified atom stereocenters. The van der Waals surface area contributed by atoms with Gasteiger partial charge in [0.05, 0.1) is 12.2 Å². The number of carbonyl (C=O) groups excluding carboxylic acids is 2. The zero-order valence-corrected chi connectivity index (χ0v) is 21.9. The number of aromatic nitrogens is 1. The summed E-state index contributed by atoms with van der Waals surface area (Å²) in [5.74, 6) is -0.343. The van der Waals surface area contributed by atoms with Gasteiger partial charge >= 0.3 is 12.0 Å². The van der Waals surface area contributed by atoms with Crippen molar-refractivity contribution in [3.8, 4) is 5.00 Å². The number of likely N-dealkylation sites (N-methyl/N-ethyl adjacent to an activating group) is 1. The molecule has 9 heteroatoms. The Bertz CT molecular complexity index is 1220. The molecule has 4 heterocycles. The molecule has 0 spiro atoms. The van der Waals surface area contributed by atoms with Crippen molar-refractivity contribution < 1.29 is 17.2 Å². The zero-order chi connectivity index (χ0) is 24.4. The summed E-state index contributed by atoms with van der Waals surface area (Å²) in [5.41, 5.74) is 4.14. The van der Waals surface area contributed by atoms with Crippen LogP contribution in [0.2, 0.25) is 0 Å². The normalized spacial score (nSPS) is 15.4. The Hall–Kier alpha value is -2.62. The average molecular weight is 517 g/mol. The van der Waals surface area contributed by atoms with E-state index in [2.05, 4.69) is 39.4 Å². The van der Waals surface area contributed by atoms with Crippen LogP contribution in [0, 0.1) is 0 Å². The number of urea groups is 1. The SMILES string of the molecule is CCOC(=O)c1c(NC(=O)NCc2c(-n3cccc3)sc3c2CCN(CC)C3)sc2c1CCCC2.[HH].[HH]. The maximum absolute atomic E-state index is 13.0. The maximum Gasteiger partial charge on any atom is 0.341 e. The van der Waals surface area contributed by atoms with Gasteiger partial charge < -0.3 is 14.6 Å². The van der Waals surface area contributed by atoms with Crippen LogP contribution in [0.25, 0.3) is 5.00 Å². The number of esters is 1. The van der Waals surface area contributed by atoms with E-state index in [4.69, 9.17) is 4.74 Å². The van der Waals surface area contributed by atoms with Crippen molar-refractivity contribution in [2.75, 3.05) is 25.0 Å². The highest BCUT2D eigenvalue weighted by Crippen LogP contribution is 2.39. The van der Waals surface area contributed by atoms with Gasteiger partial charge in [0.15, 0.2) is 0 Å². The van der Waals surface area contributed by atoms with Gasteiger partial charge in [-0.25, -0.2) is 9.59 Å². The third-order valence-corrected chi connectivity index (χ3v) is 9.29. The first-order chi connectivity index (χ1) is 17.1. The molecule has 190 valence electrons. The van der Waals surface area contributed by atoms with E-state index in [1.54, 1.807) is 6.92 Å². The summed E-state index contributed by atoms with van der Waals surface area (Å²) in [6.45, 7) is 7.80. The van der Waals surface area contributed by atoms with Gasteiger partial charge in [-0.1, -0.05) is 6.92 Å². The predicted octanol–water partition coefficient (Wildman–Crippen LogP) is 5.85. The van der Waals surface area contributed by atoms with E-state index < -0.39 is 0 Å². The monoisotopic (exact) mass is 516 g/mol. The van der Waals surface area contributed by atoms with Gasteiger partial charge in [0.1, 0.15) is 10.0 Å². The van der Waals surface area contributed by atoms with E-state index in [1.165, 1.54) is 32.2 Å². The minimum Gasteiger partial charge on any atom is -0.462 e. The van der Waals surface area contributed by atoms with E-state index in [-0.39, 0.29) is 14.9 Å². The highest BCUT2D eigenvalue weighted by Gasteiger charge is 2.28. The maximum atomic E-state index is 13.0. The first kappa shape index (κ1) is 24.1. The molecule has 0 saturated heterocycles. The second-order valence-corrected chi connectivity index (χ2v) is 11.1. The van der Waals surface area contributed by atoms with E-state index in [9.17, 15) is 9.59 Å². The summed E-state index contributed by atoms with van der Waals surface area (Å²) < 4.78 is 7.46. The average Bonchev–Trinajstić information content (AvgIpc) is 3.59. The van der Waals surface area contributed by atoms with E-state index in [0.29, 0.717) is 23.7 Å². The molecule has 0 atom stereocenters. The summed E-state index contributed by atoms with van der Waals surface area (Å²) >= 11 is 3.33. The molecule has 2 N–H and O–H groups in total. The predicted molar refractivity (Wildman–Crippen MR) is 145 cm³/mol. The van der Waals surface area contributed by atoms with Crippen LogP contribution in [-0.2, 0) is 37.1 Å². The molecule has 3 aromatic rings. The fraction of sp³-hybridized carbons (Fsp3) is 0.462. The summed E-state index contributed by atoms with van der Waals surface area (Å²) in [6, 6.07) is 3.76. The Balaban J connectivity index is 0.00000190. The van der Waals surface area contributed by atoms with Crippen LogP contribution in [0.5, 0.6) is 0 Å². The van der Waals surface area contributed by atoms with Crippen molar-refractivity contribution in [3.05, 3.63) is 56.5 Å². The van der Waals surface area contributed by atoms with Gasteiger partial charge in [0, 0.05) is 50.2 Å². The molecular weight excluding hydrogens is 480 g/mol. The summed E-state index contributed by atoms with van der Waals surface area (Å²) in [6.07, 6.45) is 9.08. The topological polar surface area (TPSA) is 75.6 Å². The Labute approximate surface area is 217 Å². The number of carbonyl (C=O) groups is 2. The Kier molecular flexibility index (Phi) is 7.27. The lowest BCUT2D eigenvalue weighted by atomic mass is 9.95. The second-order valence-electron chi connectivity index (χ2n) is 8.94.